The predicted molar refractivity (Wildman–Crippen MR) is 51.1 cm³/mol. The van der Waals surface area contributed by atoms with Crippen LogP contribution in [0.15, 0.2) is 18.2 Å². The average Bonchev–Trinajstić information content (AvgIpc) is 2.29. The van der Waals surface area contributed by atoms with E-state index in [-0.39, 0.29) is 0 Å². The van der Waals surface area contributed by atoms with Crippen molar-refractivity contribution in [2.24, 2.45) is 0 Å². The third-order valence-corrected chi connectivity index (χ3v) is 2.21. The van der Waals surface area contributed by atoms with Gasteiger partial charge in [0.15, 0.2) is 0 Å². The van der Waals surface area contributed by atoms with Gasteiger partial charge in [-0.3, -0.25) is 10.0 Å². The highest BCUT2D eigenvalue weighted by atomic mass is 15.8. The number of nitrogens with one attached hydrogen (secondary N) is 1. The Labute approximate surface area is 72.5 Å². The minimum Gasteiger partial charge on any atom is -0.292 e. The summed E-state index contributed by atoms with van der Waals surface area (Å²) in [6, 6.07) is 6.31. The van der Waals surface area contributed by atoms with Crippen LogP contribution in [0.5, 0.6) is 0 Å². The fraction of sp³-hybridized carbons (Fsp3) is 0.333. The Morgan fingerprint density at radius 3 is 2.58 bits per heavy atom. The largest absolute Gasteiger partial charge is 0.292 e. The molecule has 2 rings (SSSR count). The van der Waals surface area contributed by atoms with Crippen LogP contribution in [0.25, 0.3) is 0 Å². The zero-order chi connectivity index (χ0) is 8.72. The van der Waals surface area contributed by atoms with Crippen LogP contribution in [0, 0.1) is 6.92 Å². The molecule has 0 atom stereocenters. The first-order chi connectivity index (χ1) is 5.70. The second kappa shape index (κ2) is 2.38. The maximum absolute atomic E-state index is 3.19. The molecule has 0 fully saturated rings. The fourth-order valence-electron chi connectivity index (χ4n) is 1.68. The number of nitrogens with zero attached hydrogens (tertiary/aromatic N) is 2. The Kier molecular flexibility index (Phi) is 1.48. The van der Waals surface area contributed by atoms with Crippen LogP contribution >= 0.6 is 0 Å². The van der Waals surface area contributed by atoms with Gasteiger partial charge in [0, 0.05) is 14.1 Å². The molecule has 0 amide bonds. The van der Waals surface area contributed by atoms with Gasteiger partial charge in [0.25, 0.3) is 0 Å². The number of anilines is 2. The SMILES string of the molecule is Cc1cccc2c1N(C)NN2C. The number of aryl methyl sites for hydroxylation is 1. The lowest BCUT2D eigenvalue weighted by molar-refractivity contribution is 0.708. The van der Waals surface area contributed by atoms with Crippen molar-refractivity contribution in [2.75, 3.05) is 24.1 Å². The van der Waals surface area contributed by atoms with Gasteiger partial charge in [-0.05, 0) is 18.6 Å². The molecule has 0 saturated carbocycles. The molecule has 1 aliphatic rings. The Balaban J connectivity index is 2.59. The van der Waals surface area contributed by atoms with E-state index >= 15 is 0 Å². The lowest BCUT2D eigenvalue weighted by Crippen LogP contribution is -2.39. The van der Waals surface area contributed by atoms with E-state index in [1.54, 1.807) is 0 Å². The highest BCUT2D eigenvalue weighted by molar-refractivity contribution is 5.76. The van der Waals surface area contributed by atoms with Crippen LogP contribution in [0.2, 0.25) is 0 Å². The minimum atomic E-state index is 1.23. The molecular weight excluding hydrogens is 150 g/mol. The summed E-state index contributed by atoms with van der Waals surface area (Å²) in [5, 5.41) is 4.05. The quantitative estimate of drug-likeness (QED) is 0.622. The van der Waals surface area contributed by atoms with Crippen LogP contribution in [0.3, 0.4) is 0 Å². The van der Waals surface area contributed by atoms with Gasteiger partial charge in [0.1, 0.15) is 0 Å². The molecule has 3 nitrogen and oxygen atoms in total. The van der Waals surface area contributed by atoms with Crippen molar-refractivity contribution < 1.29 is 0 Å². The van der Waals surface area contributed by atoms with Crippen molar-refractivity contribution in [3.05, 3.63) is 23.8 Å². The molecule has 64 valence electrons. The zero-order valence-electron chi connectivity index (χ0n) is 7.63. The van der Waals surface area contributed by atoms with Gasteiger partial charge >= 0.3 is 0 Å². The number of benzene rings is 1. The number of fused-ring (bicyclic) bond motifs is 1. The number of hydrogen-bond donors (Lipinski definition) is 1. The molecule has 1 N–H and O–H groups in total. The molecular formula is C9H13N3. The molecule has 3 heteroatoms. The van der Waals surface area contributed by atoms with E-state index in [2.05, 4.69) is 30.7 Å². The van der Waals surface area contributed by atoms with Crippen molar-refractivity contribution in [3.8, 4) is 0 Å². The van der Waals surface area contributed by atoms with Crippen molar-refractivity contribution >= 4 is 11.4 Å². The zero-order valence-corrected chi connectivity index (χ0v) is 7.63. The summed E-state index contributed by atoms with van der Waals surface area (Å²) in [7, 11) is 4.04. The Morgan fingerprint density at radius 2 is 1.92 bits per heavy atom. The third kappa shape index (κ3) is 0.865. The van der Waals surface area contributed by atoms with Crippen LogP contribution in [-0.2, 0) is 0 Å². The molecule has 0 aliphatic carbocycles. The first-order valence-corrected chi connectivity index (χ1v) is 4.03. The Hall–Kier alpha value is -1.22. The first-order valence-electron chi connectivity index (χ1n) is 4.03. The van der Waals surface area contributed by atoms with Crippen molar-refractivity contribution in [1.29, 1.82) is 0 Å². The van der Waals surface area contributed by atoms with E-state index in [9.17, 15) is 0 Å². The van der Waals surface area contributed by atoms with E-state index in [1.807, 2.05) is 24.1 Å². The molecule has 0 radical (unpaired) electrons. The molecule has 12 heavy (non-hydrogen) atoms. The van der Waals surface area contributed by atoms with Gasteiger partial charge in [0.2, 0.25) is 0 Å². The summed E-state index contributed by atoms with van der Waals surface area (Å²) in [6.07, 6.45) is 0. The number of hydrogen-bond acceptors (Lipinski definition) is 3. The topological polar surface area (TPSA) is 18.5 Å². The molecule has 0 saturated heterocycles. The number of rotatable bonds is 0. The van der Waals surface area contributed by atoms with E-state index in [4.69, 9.17) is 0 Å². The van der Waals surface area contributed by atoms with Crippen LogP contribution in [0.4, 0.5) is 11.4 Å². The van der Waals surface area contributed by atoms with E-state index in [0.29, 0.717) is 0 Å². The molecule has 1 aromatic carbocycles. The summed E-state index contributed by atoms with van der Waals surface area (Å²) >= 11 is 0. The highest BCUT2D eigenvalue weighted by Crippen LogP contribution is 2.33. The van der Waals surface area contributed by atoms with Gasteiger partial charge in [0.05, 0.1) is 11.4 Å². The van der Waals surface area contributed by atoms with Gasteiger partial charge in [-0.25, -0.2) is 0 Å². The number of hydrazine groups is 2. The Bertz CT molecular complexity index is 309. The normalized spacial score (nSPS) is 15.2. The monoisotopic (exact) mass is 163 g/mol. The molecule has 0 aromatic heterocycles. The number of para-hydroxylation sites is 1. The van der Waals surface area contributed by atoms with E-state index in [1.165, 1.54) is 16.9 Å². The second-order valence-corrected chi connectivity index (χ2v) is 3.16. The minimum absolute atomic E-state index is 1.23. The maximum atomic E-state index is 3.19. The summed E-state index contributed by atoms with van der Waals surface area (Å²) in [6.45, 7) is 2.12. The third-order valence-electron chi connectivity index (χ3n) is 2.21. The molecule has 0 spiro atoms. The Morgan fingerprint density at radius 1 is 1.17 bits per heavy atom. The second-order valence-electron chi connectivity index (χ2n) is 3.16. The van der Waals surface area contributed by atoms with Crippen LogP contribution in [-0.4, -0.2) is 14.1 Å². The maximum Gasteiger partial charge on any atom is 0.0811 e. The van der Waals surface area contributed by atoms with Crippen molar-refractivity contribution in [3.63, 3.8) is 0 Å². The van der Waals surface area contributed by atoms with Crippen LogP contribution in [0.1, 0.15) is 5.56 Å². The molecule has 1 heterocycles. The predicted octanol–water partition coefficient (Wildman–Crippen LogP) is 1.30. The fourth-order valence-corrected chi connectivity index (χ4v) is 1.68. The first kappa shape index (κ1) is 7.43. The van der Waals surface area contributed by atoms with Gasteiger partial charge in [-0.15, -0.1) is 5.53 Å². The van der Waals surface area contributed by atoms with E-state index in [0.717, 1.165) is 0 Å². The molecule has 1 aliphatic heterocycles. The van der Waals surface area contributed by atoms with Crippen molar-refractivity contribution in [1.82, 2.24) is 5.53 Å². The molecule has 0 unspecified atom stereocenters. The van der Waals surface area contributed by atoms with E-state index < -0.39 is 0 Å². The summed E-state index contributed by atoms with van der Waals surface area (Å²) in [4.78, 5) is 0. The summed E-state index contributed by atoms with van der Waals surface area (Å²) in [5.41, 5.74) is 6.99. The average molecular weight is 163 g/mol. The van der Waals surface area contributed by atoms with Gasteiger partial charge in [-0.2, -0.15) is 0 Å². The lowest BCUT2D eigenvalue weighted by atomic mass is 10.1. The smallest absolute Gasteiger partial charge is 0.0811 e. The standard InChI is InChI=1S/C9H13N3/c1-7-5-4-6-8-9(7)12(3)10-11(8)2/h4-6,10H,1-3H3. The summed E-state index contributed by atoms with van der Waals surface area (Å²) < 4.78 is 0. The highest BCUT2D eigenvalue weighted by Gasteiger charge is 2.20. The summed E-state index contributed by atoms with van der Waals surface area (Å²) in [5.74, 6) is 0. The van der Waals surface area contributed by atoms with Gasteiger partial charge < -0.3 is 0 Å². The van der Waals surface area contributed by atoms with Crippen LogP contribution < -0.4 is 15.6 Å². The van der Waals surface area contributed by atoms with Crippen molar-refractivity contribution in [2.45, 2.75) is 6.92 Å². The van der Waals surface area contributed by atoms with Gasteiger partial charge in [-0.1, -0.05) is 12.1 Å². The molecule has 0 bridgehead atoms. The lowest BCUT2D eigenvalue weighted by Gasteiger charge is -2.14. The molecule has 1 aromatic rings.